The molecule has 150 valence electrons. The van der Waals surface area contributed by atoms with Crippen LogP contribution in [0.3, 0.4) is 0 Å². The number of nitrogens with zero attached hydrogens (tertiary/aromatic N) is 3. The van der Waals surface area contributed by atoms with Crippen molar-refractivity contribution in [2.24, 2.45) is 0 Å². The smallest absolute Gasteiger partial charge is 0.267 e. The van der Waals surface area contributed by atoms with Gasteiger partial charge in [0.2, 0.25) is 0 Å². The summed E-state index contributed by atoms with van der Waals surface area (Å²) in [5, 5.41) is 0. The summed E-state index contributed by atoms with van der Waals surface area (Å²) in [5.74, 6) is -0.500. The largest absolute Gasteiger partial charge is 0.374 e. The molecule has 29 heavy (non-hydrogen) atoms. The van der Waals surface area contributed by atoms with Gasteiger partial charge in [-0.2, -0.15) is 0 Å². The van der Waals surface area contributed by atoms with Gasteiger partial charge in [-0.3, -0.25) is 9.59 Å². The molecule has 0 saturated carbocycles. The molecule has 0 unspecified atom stereocenters. The van der Waals surface area contributed by atoms with E-state index in [2.05, 4.69) is 16.7 Å². The maximum absolute atomic E-state index is 13.6. The topological polar surface area (TPSA) is 43.9 Å². The highest BCUT2D eigenvalue weighted by molar-refractivity contribution is 6.41. The molecule has 0 atom stereocenters. The predicted octanol–water partition coefficient (Wildman–Crippen LogP) is 3.47. The van der Waals surface area contributed by atoms with E-state index in [0.717, 1.165) is 49.4 Å². The van der Waals surface area contributed by atoms with Gasteiger partial charge in [-0.15, -0.1) is 0 Å². The van der Waals surface area contributed by atoms with Crippen molar-refractivity contribution >= 4 is 23.1 Å². The highest BCUT2D eigenvalue weighted by Gasteiger charge is 2.37. The van der Waals surface area contributed by atoms with Gasteiger partial charge in [0.25, 0.3) is 11.8 Å². The fraction of sp³-hybridized carbons (Fsp3) is 0.333. The summed E-state index contributed by atoms with van der Waals surface area (Å²) < 4.78 is 0. The molecule has 0 N–H and O–H groups in total. The van der Waals surface area contributed by atoms with Gasteiger partial charge >= 0.3 is 0 Å². The zero-order valence-electron chi connectivity index (χ0n) is 17.3. The second-order valence-corrected chi connectivity index (χ2v) is 7.74. The van der Waals surface area contributed by atoms with Crippen LogP contribution in [-0.2, 0) is 4.79 Å². The highest BCUT2D eigenvalue weighted by Crippen LogP contribution is 2.35. The Morgan fingerprint density at radius 3 is 2.07 bits per heavy atom. The lowest BCUT2D eigenvalue weighted by molar-refractivity contribution is -0.112. The Labute approximate surface area is 172 Å². The number of likely N-dealkylation sites (N-methyl/N-ethyl adjacent to an activating group) is 1. The molecular formula is C24H27N3O2. The third-order valence-electron chi connectivity index (χ3n) is 5.91. The summed E-state index contributed by atoms with van der Waals surface area (Å²) in [6.07, 6.45) is 1.96. The Kier molecular flexibility index (Phi) is 5.24. The van der Waals surface area contributed by atoms with E-state index in [9.17, 15) is 9.59 Å². The molecule has 2 aromatic rings. The quantitative estimate of drug-likeness (QED) is 0.596. The molecule has 0 aromatic heterocycles. The molecule has 0 aliphatic carbocycles. The number of piperazine rings is 1. The standard InChI is InChI=1S/C24H27N3O2/c1-4-25-12-14-26(15-13-25)16-21-19-10-5-6-11-20(19)23(28)27(24(21)29)22-17(2)8-7-9-18(22)3/h5-11,16H,4,12-15H2,1-3H3. The van der Waals surface area contributed by atoms with Crippen LogP contribution in [-0.4, -0.2) is 54.3 Å². The van der Waals surface area contributed by atoms with Crippen molar-refractivity contribution in [3.63, 3.8) is 0 Å². The fourth-order valence-electron chi connectivity index (χ4n) is 4.23. The maximum Gasteiger partial charge on any atom is 0.267 e. The summed E-state index contributed by atoms with van der Waals surface area (Å²) >= 11 is 0. The molecule has 5 nitrogen and oxygen atoms in total. The highest BCUT2D eigenvalue weighted by atomic mass is 16.2. The Morgan fingerprint density at radius 2 is 1.45 bits per heavy atom. The van der Waals surface area contributed by atoms with Crippen LogP contribution in [0.25, 0.3) is 5.57 Å². The zero-order valence-corrected chi connectivity index (χ0v) is 17.3. The minimum absolute atomic E-state index is 0.246. The van der Waals surface area contributed by atoms with Crippen LogP contribution in [0.4, 0.5) is 5.69 Å². The normalized spacial score (nSPS) is 19.1. The molecule has 4 rings (SSSR count). The number of carbonyl (C=O) groups is 2. The van der Waals surface area contributed by atoms with Crippen LogP contribution in [0.15, 0.2) is 48.7 Å². The van der Waals surface area contributed by atoms with Crippen molar-refractivity contribution in [1.29, 1.82) is 0 Å². The van der Waals surface area contributed by atoms with Gasteiger partial charge in [-0.1, -0.05) is 43.3 Å². The second kappa shape index (κ2) is 7.84. The monoisotopic (exact) mass is 389 g/mol. The molecule has 1 fully saturated rings. The van der Waals surface area contributed by atoms with E-state index in [-0.39, 0.29) is 11.8 Å². The van der Waals surface area contributed by atoms with Crippen molar-refractivity contribution < 1.29 is 9.59 Å². The van der Waals surface area contributed by atoms with Gasteiger partial charge in [0, 0.05) is 43.5 Å². The lowest BCUT2D eigenvalue weighted by Gasteiger charge is -2.35. The lowest BCUT2D eigenvalue weighted by atomic mass is 9.92. The lowest BCUT2D eigenvalue weighted by Crippen LogP contribution is -2.46. The molecule has 1 saturated heterocycles. The number of hydrogen-bond acceptors (Lipinski definition) is 4. The molecule has 0 spiro atoms. The third-order valence-corrected chi connectivity index (χ3v) is 5.91. The zero-order chi connectivity index (χ0) is 20.5. The third kappa shape index (κ3) is 3.47. The van der Waals surface area contributed by atoms with E-state index in [1.807, 2.05) is 62.5 Å². The van der Waals surface area contributed by atoms with Gasteiger partial charge in [-0.05, 0) is 37.6 Å². The molecule has 2 amide bonds. The van der Waals surface area contributed by atoms with Crippen LogP contribution in [0.5, 0.6) is 0 Å². The van der Waals surface area contributed by atoms with E-state index < -0.39 is 0 Å². The van der Waals surface area contributed by atoms with E-state index in [0.29, 0.717) is 16.8 Å². The Balaban J connectivity index is 1.79. The summed E-state index contributed by atoms with van der Waals surface area (Å²) in [5.41, 5.74) is 4.42. The first-order chi connectivity index (χ1) is 14.0. The molecule has 2 heterocycles. The summed E-state index contributed by atoms with van der Waals surface area (Å²) in [6, 6.07) is 13.3. The molecule has 2 aliphatic heterocycles. The summed E-state index contributed by atoms with van der Waals surface area (Å²) in [6.45, 7) is 10.8. The van der Waals surface area contributed by atoms with E-state index in [1.165, 1.54) is 4.90 Å². The second-order valence-electron chi connectivity index (χ2n) is 7.74. The Morgan fingerprint density at radius 1 is 0.828 bits per heavy atom. The van der Waals surface area contributed by atoms with Gasteiger partial charge < -0.3 is 9.80 Å². The molecule has 2 aliphatic rings. The minimum atomic E-state index is -0.254. The molecule has 5 heteroatoms. The number of benzene rings is 2. The van der Waals surface area contributed by atoms with Crippen LogP contribution in [0, 0.1) is 13.8 Å². The van der Waals surface area contributed by atoms with Gasteiger partial charge in [0.15, 0.2) is 0 Å². The van der Waals surface area contributed by atoms with Crippen molar-refractivity contribution in [2.45, 2.75) is 20.8 Å². The molecule has 2 aromatic carbocycles. The van der Waals surface area contributed by atoms with Crippen molar-refractivity contribution in [3.8, 4) is 0 Å². The number of imide groups is 1. The number of fused-ring (bicyclic) bond motifs is 1. The SMILES string of the molecule is CCN1CCN(C=C2C(=O)N(c3c(C)cccc3C)C(=O)c3ccccc32)CC1. The number of anilines is 1. The van der Waals surface area contributed by atoms with Crippen LogP contribution in [0.2, 0.25) is 0 Å². The van der Waals surface area contributed by atoms with Crippen LogP contribution >= 0.6 is 0 Å². The first-order valence-electron chi connectivity index (χ1n) is 10.2. The van der Waals surface area contributed by atoms with Gasteiger partial charge in [-0.25, -0.2) is 4.90 Å². The number of rotatable bonds is 3. The minimum Gasteiger partial charge on any atom is -0.374 e. The number of para-hydroxylation sites is 1. The van der Waals surface area contributed by atoms with Crippen LogP contribution in [0.1, 0.15) is 34.0 Å². The fourth-order valence-corrected chi connectivity index (χ4v) is 4.23. The van der Waals surface area contributed by atoms with Crippen molar-refractivity contribution in [3.05, 3.63) is 70.9 Å². The van der Waals surface area contributed by atoms with Crippen molar-refractivity contribution in [1.82, 2.24) is 9.80 Å². The van der Waals surface area contributed by atoms with E-state index in [1.54, 1.807) is 0 Å². The average Bonchev–Trinajstić information content (AvgIpc) is 2.73. The summed E-state index contributed by atoms with van der Waals surface area (Å²) in [7, 11) is 0. The summed E-state index contributed by atoms with van der Waals surface area (Å²) in [4.78, 5) is 32.9. The molecule has 0 radical (unpaired) electrons. The number of hydrogen-bond donors (Lipinski definition) is 0. The predicted molar refractivity (Wildman–Crippen MR) is 116 cm³/mol. The Bertz CT molecular complexity index is 967. The van der Waals surface area contributed by atoms with Crippen molar-refractivity contribution in [2.75, 3.05) is 37.6 Å². The maximum atomic E-state index is 13.6. The number of carbonyl (C=O) groups excluding carboxylic acids is 2. The molecular weight excluding hydrogens is 362 g/mol. The average molecular weight is 389 g/mol. The van der Waals surface area contributed by atoms with Crippen LogP contribution < -0.4 is 4.90 Å². The first kappa shape index (κ1) is 19.4. The van der Waals surface area contributed by atoms with E-state index in [4.69, 9.17) is 0 Å². The first-order valence-corrected chi connectivity index (χ1v) is 10.2. The van der Waals surface area contributed by atoms with E-state index >= 15 is 0 Å². The van der Waals surface area contributed by atoms with Gasteiger partial charge in [0.05, 0.1) is 11.3 Å². The number of aryl methyl sites for hydroxylation is 2. The molecule has 0 bridgehead atoms. The van der Waals surface area contributed by atoms with Gasteiger partial charge in [0.1, 0.15) is 0 Å². The number of amides is 2. The Hall–Kier alpha value is -2.92.